The van der Waals surface area contributed by atoms with Crippen LogP contribution in [-0.4, -0.2) is 67.6 Å². The zero-order chi connectivity index (χ0) is 19.1. The molecule has 0 aliphatic carbocycles. The molecule has 0 aromatic heterocycles. The maximum absolute atomic E-state index is 4.46. The number of halogens is 1. The largest absolute Gasteiger partial charge is 0.356 e. The van der Waals surface area contributed by atoms with Crippen molar-refractivity contribution in [3.05, 3.63) is 35.9 Å². The fourth-order valence-corrected chi connectivity index (χ4v) is 4.40. The third-order valence-corrected chi connectivity index (χ3v) is 6.18. The van der Waals surface area contributed by atoms with E-state index in [1.165, 1.54) is 44.5 Å². The molecule has 0 spiro atoms. The lowest BCUT2D eigenvalue weighted by molar-refractivity contribution is 0.134. The zero-order valence-electron chi connectivity index (χ0n) is 17.7. The van der Waals surface area contributed by atoms with Crippen molar-refractivity contribution in [2.75, 3.05) is 39.8 Å². The quantitative estimate of drug-likeness (QED) is 0.359. The van der Waals surface area contributed by atoms with Crippen molar-refractivity contribution in [2.24, 2.45) is 10.9 Å². The van der Waals surface area contributed by atoms with Crippen LogP contribution in [0, 0.1) is 5.92 Å². The summed E-state index contributed by atoms with van der Waals surface area (Å²) in [6, 6.07) is 11.9. The van der Waals surface area contributed by atoms with Gasteiger partial charge in [0, 0.05) is 45.3 Å². The Kier molecular flexibility index (Phi) is 10.0. The van der Waals surface area contributed by atoms with Gasteiger partial charge in [0.15, 0.2) is 5.96 Å². The molecule has 1 aromatic carbocycles. The van der Waals surface area contributed by atoms with Crippen molar-refractivity contribution in [3.8, 4) is 0 Å². The Bertz CT molecular complexity index is 594. The molecule has 2 heterocycles. The smallest absolute Gasteiger partial charge is 0.191 e. The first-order chi connectivity index (χ1) is 13.2. The second-order valence-corrected chi connectivity index (χ2v) is 8.17. The van der Waals surface area contributed by atoms with E-state index in [0.29, 0.717) is 12.1 Å². The summed E-state index contributed by atoms with van der Waals surface area (Å²) in [5, 5.41) is 7.24. The monoisotopic (exact) mass is 499 g/mol. The van der Waals surface area contributed by atoms with Gasteiger partial charge >= 0.3 is 0 Å². The number of piperidine rings is 1. The van der Waals surface area contributed by atoms with E-state index in [2.05, 4.69) is 69.6 Å². The Labute approximate surface area is 188 Å². The SMILES string of the molecule is CCN1CCC(CNC(=NC)NC2CCN(Cc3ccccc3)C(C)C2)C1.I. The molecule has 2 saturated heterocycles. The summed E-state index contributed by atoms with van der Waals surface area (Å²) in [6.07, 6.45) is 3.64. The van der Waals surface area contributed by atoms with Gasteiger partial charge in [-0.1, -0.05) is 37.3 Å². The molecule has 2 fully saturated rings. The number of guanidine groups is 1. The molecule has 0 amide bonds. The van der Waals surface area contributed by atoms with Crippen LogP contribution in [0.25, 0.3) is 0 Å². The first-order valence-electron chi connectivity index (χ1n) is 10.7. The minimum absolute atomic E-state index is 0. The van der Waals surface area contributed by atoms with Crippen molar-refractivity contribution in [3.63, 3.8) is 0 Å². The van der Waals surface area contributed by atoms with E-state index >= 15 is 0 Å². The van der Waals surface area contributed by atoms with Crippen molar-refractivity contribution in [1.29, 1.82) is 0 Å². The van der Waals surface area contributed by atoms with E-state index in [1.807, 2.05) is 7.05 Å². The maximum atomic E-state index is 4.46. The van der Waals surface area contributed by atoms with Gasteiger partial charge in [0.2, 0.25) is 0 Å². The van der Waals surface area contributed by atoms with Crippen LogP contribution in [0.1, 0.15) is 38.7 Å². The van der Waals surface area contributed by atoms with E-state index in [9.17, 15) is 0 Å². The summed E-state index contributed by atoms with van der Waals surface area (Å²) in [4.78, 5) is 9.59. The van der Waals surface area contributed by atoms with Crippen LogP contribution in [0.4, 0.5) is 0 Å². The number of hydrogen-bond donors (Lipinski definition) is 2. The van der Waals surface area contributed by atoms with Crippen molar-refractivity contribution in [2.45, 2.75) is 51.7 Å². The first kappa shape index (κ1) is 23.4. The average Bonchev–Trinajstić information content (AvgIpc) is 3.16. The molecule has 2 aliphatic rings. The van der Waals surface area contributed by atoms with Crippen LogP contribution in [0.15, 0.2) is 35.3 Å². The fourth-order valence-electron chi connectivity index (χ4n) is 4.40. The van der Waals surface area contributed by atoms with Gasteiger partial charge in [0.1, 0.15) is 0 Å². The number of aliphatic imine (C=N–C) groups is 1. The minimum Gasteiger partial charge on any atom is -0.356 e. The molecular weight excluding hydrogens is 461 g/mol. The lowest BCUT2D eigenvalue weighted by Crippen LogP contribution is -2.51. The highest BCUT2D eigenvalue weighted by Crippen LogP contribution is 2.20. The number of likely N-dealkylation sites (tertiary alicyclic amines) is 2. The van der Waals surface area contributed by atoms with Gasteiger partial charge in [0.25, 0.3) is 0 Å². The Morgan fingerprint density at radius 1 is 1.18 bits per heavy atom. The number of hydrogen-bond acceptors (Lipinski definition) is 3. The summed E-state index contributed by atoms with van der Waals surface area (Å²) in [5.41, 5.74) is 1.41. The van der Waals surface area contributed by atoms with E-state index in [4.69, 9.17) is 0 Å². The molecule has 2 N–H and O–H groups in total. The third-order valence-electron chi connectivity index (χ3n) is 6.18. The predicted molar refractivity (Wildman–Crippen MR) is 129 cm³/mol. The van der Waals surface area contributed by atoms with Crippen LogP contribution in [0.2, 0.25) is 0 Å². The second-order valence-electron chi connectivity index (χ2n) is 8.17. The Hall–Kier alpha value is -0.860. The van der Waals surface area contributed by atoms with Crippen LogP contribution >= 0.6 is 24.0 Å². The van der Waals surface area contributed by atoms with E-state index in [-0.39, 0.29) is 24.0 Å². The molecule has 2 aliphatic heterocycles. The standard InChI is InChI=1S/C22H37N5.HI/c1-4-26-12-10-20(16-26)15-24-22(23-3)25-21-11-13-27(18(2)14-21)17-19-8-6-5-7-9-19;/h5-9,18,20-21H,4,10-17H2,1-3H3,(H2,23,24,25);1H. The number of rotatable bonds is 6. The van der Waals surface area contributed by atoms with E-state index in [1.54, 1.807) is 0 Å². The highest BCUT2D eigenvalue weighted by Gasteiger charge is 2.26. The molecule has 3 unspecified atom stereocenters. The minimum atomic E-state index is 0. The van der Waals surface area contributed by atoms with Gasteiger partial charge < -0.3 is 15.5 Å². The van der Waals surface area contributed by atoms with E-state index in [0.717, 1.165) is 31.5 Å². The lowest BCUT2D eigenvalue weighted by Gasteiger charge is -2.38. The topological polar surface area (TPSA) is 42.9 Å². The van der Waals surface area contributed by atoms with Crippen molar-refractivity contribution < 1.29 is 0 Å². The predicted octanol–water partition coefficient (Wildman–Crippen LogP) is 3.16. The second kappa shape index (κ2) is 12.0. The van der Waals surface area contributed by atoms with Gasteiger partial charge in [-0.15, -0.1) is 24.0 Å². The van der Waals surface area contributed by atoms with Gasteiger partial charge in [-0.2, -0.15) is 0 Å². The highest BCUT2D eigenvalue weighted by atomic mass is 127. The molecule has 3 rings (SSSR count). The normalized spacial score (nSPS) is 26.7. The molecular formula is C22H38IN5. The van der Waals surface area contributed by atoms with Crippen LogP contribution in [-0.2, 0) is 6.54 Å². The molecule has 5 nitrogen and oxygen atoms in total. The molecule has 3 atom stereocenters. The summed E-state index contributed by atoms with van der Waals surface area (Å²) in [7, 11) is 1.89. The Balaban J connectivity index is 0.00000280. The van der Waals surface area contributed by atoms with Gasteiger partial charge in [-0.05, 0) is 50.8 Å². The average molecular weight is 499 g/mol. The van der Waals surface area contributed by atoms with Crippen molar-refractivity contribution >= 4 is 29.9 Å². The molecule has 1 aromatic rings. The molecule has 0 radical (unpaired) electrons. The lowest BCUT2D eigenvalue weighted by atomic mass is 9.97. The van der Waals surface area contributed by atoms with Gasteiger partial charge in [-0.25, -0.2) is 0 Å². The number of benzene rings is 1. The molecule has 28 heavy (non-hydrogen) atoms. The van der Waals surface area contributed by atoms with Gasteiger partial charge in [-0.3, -0.25) is 9.89 Å². The van der Waals surface area contributed by atoms with Crippen LogP contribution in [0.3, 0.4) is 0 Å². The highest BCUT2D eigenvalue weighted by molar-refractivity contribution is 14.0. The molecule has 6 heteroatoms. The summed E-state index contributed by atoms with van der Waals surface area (Å²) in [5.74, 6) is 1.72. The van der Waals surface area contributed by atoms with Crippen LogP contribution < -0.4 is 10.6 Å². The number of nitrogens with one attached hydrogen (secondary N) is 2. The molecule has 0 bridgehead atoms. The summed E-state index contributed by atoms with van der Waals surface area (Å²) in [6.45, 7) is 11.5. The first-order valence-corrected chi connectivity index (χ1v) is 10.7. The zero-order valence-corrected chi connectivity index (χ0v) is 20.1. The Morgan fingerprint density at radius 3 is 2.61 bits per heavy atom. The Morgan fingerprint density at radius 2 is 1.96 bits per heavy atom. The molecule has 0 saturated carbocycles. The van der Waals surface area contributed by atoms with Crippen LogP contribution in [0.5, 0.6) is 0 Å². The maximum Gasteiger partial charge on any atom is 0.191 e. The van der Waals surface area contributed by atoms with E-state index < -0.39 is 0 Å². The summed E-state index contributed by atoms with van der Waals surface area (Å²) < 4.78 is 0. The van der Waals surface area contributed by atoms with Gasteiger partial charge in [0.05, 0.1) is 0 Å². The molecule has 158 valence electrons. The van der Waals surface area contributed by atoms with Crippen molar-refractivity contribution in [1.82, 2.24) is 20.4 Å². The fraction of sp³-hybridized carbons (Fsp3) is 0.682. The number of nitrogens with zero attached hydrogens (tertiary/aromatic N) is 3. The third kappa shape index (κ3) is 6.88. The summed E-state index contributed by atoms with van der Waals surface area (Å²) >= 11 is 0.